The van der Waals surface area contributed by atoms with E-state index in [-0.39, 0.29) is 6.04 Å². The highest BCUT2D eigenvalue weighted by atomic mass is 32.1. The molecule has 1 unspecified atom stereocenters. The predicted octanol–water partition coefficient (Wildman–Crippen LogP) is 3.24. The van der Waals surface area contributed by atoms with Gasteiger partial charge in [0.2, 0.25) is 0 Å². The maximum atomic E-state index is 4.63. The lowest BCUT2D eigenvalue weighted by Gasteiger charge is -2.34. The third-order valence-corrected chi connectivity index (χ3v) is 6.67. The molecule has 1 atom stereocenters. The van der Waals surface area contributed by atoms with E-state index in [4.69, 9.17) is 0 Å². The zero-order chi connectivity index (χ0) is 19.0. The van der Waals surface area contributed by atoms with Gasteiger partial charge in [0.15, 0.2) is 0 Å². The molecular formula is C19H27N7S. The van der Waals surface area contributed by atoms with Gasteiger partial charge in [0.25, 0.3) is 0 Å². The van der Waals surface area contributed by atoms with E-state index < -0.39 is 0 Å². The first kappa shape index (κ1) is 18.3. The molecule has 0 saturated carbocycles. The van der Waals surface area contributed by atoms with Crippen LogP contribution in [0.3, 0.4) is 0 Å². The van der Waals surface area contributed by atoms with E-state index in [0.717, 1.165) is 48.9 Å². The first-order valence-electron chi connectivity index (χ1n) is 9.67. The van der Waals surface area contributed by atoms with Crippen LogP contribution in [0.5, 0.6) is 0 Å². The summed E-state index contributed by atoms with van der Waals surface area (Å²) in [6.07, 6.45) is 5.54. The van der Waals surface area contributed by atoms with Gasteiger partial charge in [0.1, 0.15) is 29.1 Å². The van der Waals surface area contributed by atoms with Crippen LogP contribution in [-0.2, 0) is 6.54 Å². The molecule has 27 heavy (non-hydrogen) atoms. The molecule has 0 radical (unpaired) electrons. The van der Waals surface area contributed by atoms with E-state index in [1.165, 1.54) is 15.8 Å². The van der Waals surface area contributed by atoms with Gasteiger partial charge in [-0.1, -0.05) is 0 Å². The summed E-state index contributed by atoms with van der Waals surface area (Å²) >= 11 is 1.76. The van der Waals surface area contributed by atoms with Crippen molar-refractivity contribution in [3.8, 4) is 0 Å². The number of nitrogens with zero attached hydrogens (tertiary/aromatic N) is 6. The van der Waals surface area contributed by atoms with Gasteiger partial charge in [-0.25, -0.2) is 19.6 Å². The van der Waals surface area contributed by atoms with E-state index in [1.54, 1.807) is 24.0 Å². The number of anilines is 1. The molecule has 0 aromatic carbocycles. The predicted molar refractivity (Wildman–Crippen MR) is 109 cm³/mol. The molecule has 1 aliphatic heterocycles. The van der Waals surface area contributed by atoms with Crippen LogP contribution >= 0.6 is 11.3 Å². The van der Waals surface area contributed by atoms with Crippen LogP contribution in [0.2, 0.25) is 0 Å². The summed E-state index contributed by atoms with van der Waals surface area (Å²) in [7, 11) is 0. The number of aryl methyl sites for hydroxylation is 3. The van der Waals surface area contributed by atoms with Crippen LogP contribution in [-0.4, -0.2) is 43.9 Å². The number of fused-ring (bicyclic) bond motifs is 1. The molecule has 1 fully saturated rings. The number of piperidine rings is 1. The molecular weight excluding hydrogens is 358 g/mol. The van der Waals surface area contributed by atoms with Gasteiger partial charge in [-0.05, 0) is 46.1 Å². The molecule has 8 heteroatoms. The highest BCUT2D eigenvalue weighted by molar-refractivity contribution is 7.18. The topological polar surface area (TPSA) is 71.8 Å². The van der Waals surface area contributed by atoms with Crippen LogP contribution in [0.25, 0.3) is 10.2 Å². The number of rotatable bonds is 5. The Kier molecular flexibility index (Phi) is 5.10. The van der Waals surface area contributed by atoms with Gasteiger partial charge < -0.3 is 10.2 Å². The van der Waals surface area contributed by atoms with E-state index in [0.29, 0.717) is 6.04 Å². The van der Waals surface area contributed by atoms with Crippen LogP contribution in [0, 0.1) is 13.8 Å². The minimum absolute atomic E-state index is 0.205. The second-order valence-electron chi connectivity index (χ2n) is 7.24. The van der Waals surface area contributed by atoms with Crippen molar-refractivity contribution < 1.29 is 0 Å². The summed E-state index contributed by atoms with van der Waals surface area (Å²) in [5, 5.41) is 9.26. The smallest absolute Gasteiger partial charge is 0.143 e. The molecule has 3 aromatic rings. The van der Waals surface area contributed by atoms with E-state index in [2.05, 4.69) is 58.0 Å². The second-order valence-corrected chi connectivity index (χ2v) is 8.45. The van der Waals surface area contributed by atoms with Crippen molar-refractivity contribution in [2.24, 2.45) is 0 Å². The molecule has 3 aromatic heterocycles. The first-order chi connectivity index (χ1) is 13.1. The Morgan fingerprint density at radius 1 is 1.19 bits per heavy atom. The van der Waals surface area contributed by atoms with Crippen LogP contribution in [0.15, 0.2) is 12.7 Å². The number of thiophene rings is 1. The Bertz CT molecular complexity index is 923. The Labute approximate surface area is 163 Å². The third kappa shape index (κ3) is 3.43. The highest BCUT2D eigenvalue weighted by Gasteiger charge is 2.25. The van der Waals surface area contributed by atoms with Crippen molar-refractivity contribution in [3.05, 3.63) is 28.9 Å². The fourth-order valence-electron chi connectivity index (χ4n) is 3.94. The molecule has 0 bridgehead atoms. The average molecular weight is 386 g/mol. The zero-order valence-corrected chi connectivity index (χ0v) is 17.3. The lowest BCUT2D eigenvalue weighted by molar-refractivity contribution is 0.365. The van der Waals surface area contributed by atoms with Crippen molar-refractivity contribution in [2.45, 2.75) is 59.2 Å². The number of hydrogen-bond acceptors (Lipinski definition) is 7. The van der Waals surface area contributed by atoms with E-state index >= 15 is 0 Å². The Balaban J connectivity index is 1.44. The van der Waals surface area contributed by atoms with Gasteiger partial charge in [0, 0.05) is 30.6 Å². The SMILES string of the molecule is CCn1ncnc1C(C)NC1CCN(c2ncnc3sc(C)c(C)c23)CC1. The fraction of sp³-hybridized carbons (Fsp3) is 0.579. The molecule has 0 spiro atoms. The summed E-state index contributed by atoms with van der Waals surface area (Å²) < 4.78 is 1.96. The molecule has 0 aliphatic carbocycles. The van der Waals surface area contributed by atoms with Crippen molar-refractivity contribution in [3.63, 3.8) is 0 Å². The minimum Gasteiger partial charge on any atom is -0.356 e. The van der Waals surface area contributed by atoms with Crippen molar-refractivity contribution in [1.29, 1.82) is 0 Å². The van der Waals surface area contributed by atoms with Gasteiger partial charge in [-0.15, -0.1) is 11.3 Å². The highest BCUT2D eigenvalue weighted by Crippen LogP contribution is 2.35. The zero-order valence-electron chi connectivity index (χ0n) is 16.4. The lowest BCUT2D eigenvalue weighted by Crippen LogP contribution is -2.44. The first-order valence-corrected chi connectivity index (χ1v) is 10.5. The number of hydrogen-bond donors (Lipinski definition) is 1. The maximum Gasteiger partial charge on any atom is 0.143 e. The Hall–Kier alpha value is -2.06. The van der Waals surface area contributed by atoms with E-state index in [9.17, 15) is 0 Å². The minimum atomic E-state index is 0.205. The molecule has 4 heterocycles. The Morgan fingerprint density at radius 2 is 1.96 bits per heavy atom. The normalized spacial score (nSPS) is 17.0. The monoisotopic (exact) mass is 385 g/mol. The summed E-state index contributed by atoms with van der Waals surface area (Å²) in [5.74, 6) is 2.11. The van der Waals surface area contributed by atoms with Crippen molar-refractivity contribution >= 4 is 27.4 Å². The molecule has 1 N–H and O–H groups in total. The fourth-order valence-corrected chi connectivity index (χ4v) is 4.93. The van der Waals surface area contributed by atoms with Gasteiger partial charge in [-0.3, -0.25) is 0 Å². The van der Waals surface area contributed by atoms with Crippen LogP contribution < -0.4 is 10.2 Å². The molecule has 0 amide bonds. The van der Waals surface area contributed by atoms with Gasteiger partial charge in [0.05, 0.1) is 11.4 Å². The van der Waals surface area contributed by atoms with E-state index in [1.807, 2.05) is 4.68 Å². The number of nitrogens with one attached hydrogen (secondary N) is 1. The summed E-state index contributed by atoms with van der Waals surface area (Å²) in [5.41, 5.74) is 1.32. The molecule has 4 rings (SSSR count). The molecule has 144 valence electrons. The molecule has 7 nitrogen and oxygen atoms in total. The van der Waals surface area contributed by atoms with Gasteiger partial charge in [-0.2, -0.15) is 5.10 Å². The van der Waals surface area contributed by atoms with Crippen molar-refractivity contribution in [1.82, 2.24) is 30.0 Å². The summed E-state index contributed by atoms with van der Waals surface area (Å²) in [6.45, 7) is 11.5. The van der Waals surface area contributed by atoms with Crippen LogP contribution in [0.1, 0.15) is 49.0 Å². The largest absolute Gasteiger partial charge is 0.356 e. The maximum absolute atomic E-state index is 4.63. The van der Waals surface area contributed by atoms with Crippen LogP contribution in [0.4, 0.5) is 5.82 Å². The van der Waals surface area contributed by atoms with Gasteiger partial charge >= 0.3 is 0 Å². The lowest BCUT2D eigenvalue weighted by atomic mass is 10.0. The second kappa shape index (κ2) is 7.52. The quantitative estimate of drug-likeness (QED) is 0.727. The Morgan fingerprint density at radius 3 is 2.70 bits per heavy atom. The standard InChI is InChI=1S/C19H27N7S/c1-5-26-17(21-11-23-26)13(3)24-15-6-8-25(9-7-15)18-16-12(2)14(4)27-19(16)22-10-20-18/h10-11,13,15,24H,5-9H2,1-4H3. The third-order valence-electron chi connectivity index (χ3n) is 5.56. The van der Waals surface area contributed by atoms with Crippen molar-refractivity contribution in [2.75, 3.05) is 18.0 Å². The molecule has 1 saturated heterocycles. The summed E-state index contributed by atoms with van der Waals surface area (Å²) in [4.78, 5) is 18.4. The molecule has 1 aliphatic rings. The number of aromatic nitrogens is 5. The average Bonchev–Trinajstić information content (AvgIpc) is 3.27. The summed E-state index contributed by atoms with van der Waals surface area (Å²) in [6, 6.07) is 0.692.